The van der Waals surface area contributed by atoms with E-state index in [-0.39, 0.29) is 18.1 Å². The van der Waals surface area contributed by atoms with E-state index in [0.717, 1.165) is 0 Å². The number of carbonyl (C=O) groups is 2. The van der Waals surface area contributed by atoms with Gasteiger partial charge in [-0.2, -0.15) is 0 Å². The second-order valence-corrected chi connectivity index (χ2v) is 6.93. The minimum atomic E-state index is -1.10. The van der Waals surface area contributed by atoms with E-state index in [9.17, 15) is 30.0 Å². The van der Waals surface area contributed by atoms with Crippen LogP contribution in [0.5, 0.6) is 0 Å². The van der Waals surface area contributed by atoms with Crippen molar-refractivity contribution in [1.29, 1.82) is 0 Å². The van der Waals surface area contributed by atoms with Crippen molar-refractivity contribution >= 4 is 11.9 Å². The first-order valence-electron chi connectivity index (χ1n) is 7.25. The number of aliphatic carboxylic acids is 2. The third-order valence-electron chi connectivity index (χ3n) is 6.34. The van der Waals surface area contributed by atoms with Crippen LogP contribution in [0.2, 0.25) is 0 Å². The van der Waals surface area contributed by atoms with E-state index < -0.39 is 40.7 Å². The van der Waals surface area contributed by atoms with Crippen LogP contribution in [0.3, 0.4) is 0 Å². The highest BCUT2D eigenvalue weighted by Gasteiger charge is 2.71. The molecule has 2 saturated carbocycles. The summed E-state index contributed by atoms with van der Waals surface area (Å²) in [5, 5.41) is 39.3. The number of rotatable bonds is 3. The normalized spacial score (nSPS) is 47.9. The quantitative estimate of drug-likeness (QED) is 0.602. The minimum Gasteiger partial charge on any atom is -0.481 e. The summed E-state index contributed by atoms with van der Waals surface area (Å²) in [6, 6.07) is 0. The summed E-state index contributed by atoms with van der Waals surface area (Å²) in [5.41, 5.74) is -1.41. The zero-order chi connectivity index (χ0) is 15.6. The summed E-state index contributed by atoms with van der Waals surface area (Å²) in [4.78, 5) is 23.0. The van der Waals surface area contributed by atoms with Gasteiger partial charge in [-0.1, -0.05) is 6.92 Å². The molecule has 0 aliphatic heterocycles. The third-order valence-corrected chi connectivity index (χ3v) is 6.34. The Morgan fingerprint density at radius 3 is 2.52 bits per heavy atom. The van der Waals surface area contributed by atoms with Crippen LogP contribution in [0.25, 0.3) is 0 Å². The highest BCUT2D eigenvalue weighted by Crippen LogP contribution is 2.71. The average Bonchev–Trinajstić information content (AvgIpc) is 2.89. The largest absolute Gasteiger partial charge is 0.481 e. The number of hydrogen-bond acceptors (Lipinski definition) is 4. The topological polar surface area (TPSA) is 115 Å². The van der Waals surface area contributed by atoms with E-state index in [2.05, 4.69) is 0 Å². The van der Waals surface area contributed by atoms with Gasteiger partial charge in [0.15, 0.2) is 0 Å². The maximum atomic E-state index is 11.6. The molecular weight excluding hydrogens is 276 g/mol. The van der Waals surface area contributed by atoms with E-state index in [1.54, 1.807) is 0 Å². The number of carboxylic acids is 2. The van der Waals surface area contributed by atoms with Crippen LogP contribution in [0, 0.1) is 28.6 Å². The standard InChI is InChI=1S/C15H20O6/c1-14(6-16)9-5-15(11(17)4-7(9)12(18)19)8(13(20)21)2-3-10(14)15/h4,8-11,16-17H,2-3,5-6H2,1H3,(H,18,19)(H,20,21)/t8-,9+,10-,11+,14-,15-/m1/s1. The van der Waals surface area contributed by atoms with E-state index in [0.29, 0.717) is 19.3 Å². The summed E-state index contributed by atoms with van der Waals surface area (Å²) >= 11 is 0. The fourth-order valence-electron chi connectivity index (χ4n) is 5.41. The SMILES string of the molecule is C[C@]1(CO)[C@H]2CC[C@H](C(=O)O)[C@]23C[C@H]1C(C(=O)O)=C[C@@H]3O. The summed E-state index contributed by atoms with van der Waals surface area (Å²) in [6.07, 6.45) is 1.62. The van der Waals surface area contributed by atoms with E-state index in [4.69, 9.17) is 0 Å². The zero-order valence-corrected chi connectivity index (χ0v) is 11.8. The molecule has 0 aromatic rings. The first-order valence-corrected chi connectivity index (χ1v) is 7.25. The van der Waals surface area contributed by atoms with E-state index >= 15 is 0 Å². The second kappa shape index (κ2) is 4.30. The lowest BCUT2D eigenvalue weighted by atomic mass is 9.65. The summed E-state index contributed by atoms with van der Waals surface area (Å²) in [5.74, 6) is -3.30. The fourth-order valence-corrected chi connectivity index (χ4v) is 5.41. The molecule has 0 heterocycles. The third kappa shape index (κ3) is 1.54. The lowest BCUT2D eigenvalue weighted by molar-refractivity contribution is -0.150. The smallest absolute Gasteiger partial charge is 0.331 e. The van der Waals surface area contributed by atoms with Gasteiger partial charge in [0.25, 0.3) is 0 Å². The summed E-state index contributed by atoms with van der Waals surface area (Å²) in [7, 11) is 0. The fraction of sp³-hybridized carbons (Fsp3) is 0.733. The molecule has 116 valence electrons. The molecular formula is C15H20O6. The van der Waals surface area contributed by atoms with Crippen molar-refractivity contribution < 1.29 is 30.0 Å². The van der Waals surface area contributed by atoms with Gasteiger partial charge in [-0.25, -0.2) is 4.79 Å². The lowest BCUT2D eigenvalue weighted by Gasteiger charge is -2.40. The lowest BCUT2D eigenvalue weighted by Crippen LogP contribution is -2.45. The molecule has 1 spiro atoms. The Kier molecular flexibility index (Phi) is 2.98. The second-order valence-electron chi connectivity index (χ2n) is 6.93. The van der Waals surface area contributed by atoms with Crippen LogP contribution in [0.4, 0.5) is 0 Å². The van der Waals surface area contributed by atoms with Crippen LogP contribution in [0.15, 0.2) is 11.6 Å². The highest BCUT2D eigenvalue weighted by molar-refractivity contribution is 5.88. The van der Waals surface area contributed by atoms with Gasteiger partial charge < -0.3 is 20.4 Å². The van der Waals surface area contributed by atoms with Gasteiger partial charge in [0.1, 0.15) is 0 Å². The number of aliphatic hydroxyl groups excluding tert-OH is 2. The van der Waals surface area contributed by atoms with Gasteiger partial charge in [0.05, 0.1) is 12.0 Å². The van der Waals surface area contributed by atoms with Crippen molar-refractivity contribution in [2.24, 2.45) is 28.6 Å². The van der Waals surface area contributed by atoms with Gasteiger partial charge in [-0.3, -0.25) is 4.79 Å². The molecule has 0 radical (unpaired) electrons. The van der Waals surface area contributed by atoms with Gasteiger partial charge in [-0.05, 0) is 37.2 Å². The maximum absolute atomic E-state index is 11.6. The van der Waals surface area contributed by atoms with Gasteiger partial charge in [0, 0.05) is 23.0 Å². The molecule has 3 aliphatic rings. The first kappa shape index (κ1) is 14.5. The Morgan fingerprint density at radius 1 is 1.33 bits per heavy atom. The number of carboxylic acid groups (broad SMARTS) is 2. The molecule has 0 amide bonds. The predicted molar refractivity (Wildman–Crippen MR) is 71.3 cm³/mol. The molecule has 0 unspecified atom stereocenters. The molecule has 0 saturated heterocycles. The van der Waals surface area contributed by atoms with Crippen LogP contribution < -0.4 is 0 Å². The molecule has 6 nitrogen and oxygen atoms in total. The van der Waals surface area contributed by atoms with Crippen LogP contribution in [0.1, 0.15) is 26.2 Å². The number of fused-ring (bicyclic) bond motifs is 1. The van der Waals surface area contributed by atoms with Crippen LogP contribution in [-0.2, 0) is 9.59 Å². The molecule has 21 heavy (non-hydrogen) atoms. The highest BCUT2D eigenvalue weighted by atomic mass is 16.4. The Morgan fingerprint density at radius 2 is 2.00 bits per heavy atom. The summed E-state index contributed by atoms with van der Waals surface area (Å²) < 4.78 is 0. The molecule has 6 atom stereocenters. The summed E-state index contributed by atoms with van der Waals surface area (Å²) in [6.45, 7) is 1.62. The Balaban J connectivity index is 2.17. The van der Waals surface area contributed by atoms with E-state index in [1.165, 1.54) is 6.08 Å². The Bertz CT molecular complexity index is 540. The molecule has 2 fully saturated rings. The molecule has 4 N–H and O–H groups in total. The monoisotopic (exact) mass is 296 g/mol. The maximum Gasteiger partial charge on any atom is 0.331 e. The van der Waals surface area contributed by atoms with Crippen molar-refractivity contribution in [3.63, 3.8) is 0 Å². The van der Waals surface area contributed by atoms with Crippen LogP contribution in [-0.4, -0.2) is 45.1 Å². The number of hydrogen-bond donors (Lipinski definition) is 4. The molecule has 6 heteroatoms. The average molecular weight is 296 g/mol. The molecule has 2 bridgehead atoms. The molecule has 0 aromatic heterocycles. The first-order chi connectivity index (χ1) is 9.79. The predicted octanol–water partition coefficient (Wildman–Crippen LogP) is 0.488. The van der Waals surface area contributed by atoms with Gasteiger partial charge in [0.2, 0.25) is 0 Å². The van der Waals surface area contributed by atoms with Crippen molar-refractivity contribution in [3.05, 3.63) is 11.6 Å². The number of aliphatic hydroxyl groups is 2. The minimum absolute atomic E-state index is 0.114. The zero-order valence-electron chi connectivity index (χ0n) is 11.8. The molecule has 0 aromatic carbocycles. The Hall–Kier alpha value is -1.40. The van der Waals surface area contributed by atoms with Gasteiger partial charge in [-0.15, -0.1) is 0 Å². The van der Waals surface area contributed by atoms with Gasteiger partial charge >= 0.3 is 11.9 Å². The molecule has 3 rings (SSSR count). The molecule has 3 aliphatic carbocycles. The van der Waals surface area contributed by atoms with Crippen LogP contribution >= 0.6 is 0 Å². The van der Waals surface area contributed by atoms with Crippen molar-refractivity contribution in [2.45, 2.75) is 32.3 Å². The van der Waals surface area contributed by atoms with Crippen molar-refractivity contribution in [2.75, 3.05) is 6.61 Å². The van der Waals surface area contributed by atoms with E-state index in [1.807, 2.05) is 6.92 Å². The van der Waals surface area contributed by atoms with Crippen molar-refractivity contribution in [1.82, 2.24) is 0 Å². The Labute approximate surface area is 122 Å². The van der Waals surface area contributed by atoms with Crippen molar-refractivity contribution in [3.8, 4) is 0 Å².